The predicted molar refractivity (Wildman–Crippen MR) is 94.1 cm³/mol. The van der Waals surface area contributed by atoms with E-state index in [4.69, 9.17) is 10.5 Å². The fourth-order valence-electron chi connectivity index (χ4n) is 2.83. The van der Waals surface area contributed by atoms with Gasteiger partial charge >= 0.3 is 0 Å². The van der Waals surface area contributed by atoms with Crippen molar-refractivity contribution in [2.24, 2.45) is 5.73 Å². The van der Waals surface area contributed by atoms with Crippen molar-refractivity contribution < 1.29 is 19.4 Å². The molecular formula is C18H20N4O4. The monoisotopic (exact) mass is 356 g/mol. The number of hydrogen-bond donors (Lipinski definition) is 3. The number of hydrogen-bond acceptors (Lipinski definition) is 6. The third-order valence-electron chi connectivity index (χ3n) is 4.16. The number of benzene rings is 1. The van der Waals surface area contributed by atoms with Crippen LogP contribution in [0.2, 0.25) is 0 Å². The number of ether oxygens (including phenoxy) is 1. The van der Waals surface area contributed by atoms with Crippen LogP contribution in [0.1, 0.15) is 25.7 Å². The van der Waals surface area contributed by atoms with Crippen molar-refractivity contribution in [2.45, 2.75) is 37.9 Å². The van der Waals surface area contributed by atoms with Crippen LogP contribution < -0.4 is 11.1 Å². The second-order valence-electron chi connectivity index (χ2n) is 6.16. The summed E-state index contributed by atoms with van der Waals surface area (Å²) in [7, 11) is 0. The highest BCUT2D eigenvalue weighted by atomic mass is 16.5. The summed E-state index contributed by atoms with van der Waals surface area (Å²) in [4.78, 5) is 31.5. The van der Waals surface area contributed by atoms with E-state index in [1.807, 2.05) is 0 Å². The summed E-state index contributed by atoms with van der Waals surface area (Å²) in [5.74, 6) is -0.0438. The average Bonchev–Trinajstić information content (AvgIpc) is 3.10. The number of nitrogens with two attached hydrogens (primary N) is 1. The van der Waals surface area contributed by atoms with E-state index >= 15 is 0 Å². The first-order chi connectivity index (χ1) is 12.5. The largest absolute Gasteiger partial charge is 0.508 e. The number of carbonyl (C=O) groups is 2. The van der Waals surface area contributed by atoms with Crippen LogP contribution in [0.5, 0.6) is 5.75 Å². The number of phenols is 1. The smallest absolute Gasteiger partial charge is 0.246 e. The van der Waals surface area contributed by atoms with Gasteiger partial charge < -0.3 is 20.9 Å². The summed E-state index contributed by atoms with van der Waals surface area (Å²) in [6.07, 6.45) is 4.49. The molecule has 1 aromatic carbocycles. The van der Waals surface area contributed by atoms with Crippen LogP contribution >= 0.6 is 0 Å². The molecule has 2 aromatic rings. The molecule has 1 fully saturated rings. The van der Waals surface area contributed by atoms with Crippen molar-refractivity contribution in [3.63, 3.8) is 0 Å². The molecule has 1 aliphatic rings. The predicted octanol–water partition coefficient (Wildman–Crippen LogP) is 1.60. The fraction of sp³-hybridized carbons (Fsp3) is 0.333. The molecule has 4 N–H and O–H groups in total. The van der Waals surface area contributed by atoms with Gasteiger partial charge in [0, 0.05) is 12.0 Å². The molecule has 8 heteroatoms. The summed E-state index contributed by atoms with van der Waals surface area (Å²) in [5.41, 5.74) is 6.38. The van der Waals surface area contributed by atoms with E-state index in [1.54, 1.807) is 24.3 Å². The number of amides is 2. The molecule has 1 aliphatic heterocycles. The molecule has 8 nitrogen and oxygen atoms in total. The minimum atomic E-state index is -0.540. The van der Waals surface area contributed by atoms with Gasteiger partial charge in [-0.25, -0.2) is 9.97 Å². The Hall–Kier alpha value is -3.00. The first kappa shape index (κ1) is 17.8. The molecule has 2 amide bonds. The van der Waals surface area contributed by atoms with Crippen molar-refractivity contribution in [1.29, 1.82) is 0 Å². The molecule has 1 saturated heterocycles. The second kappa shape index (κ2) is 7.92. The van der Waals surface area contributed by atoms with Crippen molar-refractivity contribution in [2.75, 3.05) is 5.32 Å². The van der Waals surface area contributed by atoms with Gasteiger partial charge in [0.05, 0.1) is 24.2 Å². The molecular weight excluding hydrogens is 336 g/mol. The third kappa shape index (κ3) is 4.54. The lowest BCUT2D eigenvalue weighted by Crippen LogP contribution is -2.28. The van der Waals surface area contributed by atoms with E-state index in [2.05, 4.69) is 15.3 Å². The molecule has 2 atom stereocenters. The van der Waals surface area contributed by atoms with Gasteiger partial charge in [0.25, 0.3) is 0 Å². The van der Waals surface area contributed by atoms with Crippen molar-refractivity contribution >= 4 is 17.5 Å². The van der Waals surface area contributed by atoms with Crippen LogP contribution in [0.4, 0.5) is 5.69 Å². The maximum absolute atomic E-state index is 12.0. The summed E-state index contributed by atoms with van der Waals surface area (Å²) in [6.45, 7) is 0. The Morgan fingerprint density at radius 3 is 2.69 bits per heavy atom. The number of aromatic hydroxyl groups is 1. The highest BCUT2D eigenvalue weighted by Gasteiger charge is 2.29. The third-order valence-corrected chi connectivity index (χ3v) is 4.16. The van der Waals surface area contributed by atoms with Gasteiger partial charge in [-0.05, 0) is 31.4 Å². The summed E-state index contributed by atoms with van der Waals surface area (Å²) in [6, 6.07) is 6.62. The van der Waals surface area contributed by atoms with Gasteiger partial charge in [0.2, 0.25) is 11.8 Å². The van der Waals surface area contributed by atoms with Crippen molar-refractivity contribution in [1.82, 2.24) is 9.97 Å². The lowest BCUT2D eigenvalue weighted by Gasteiger charge is -2.11. The lowest BCUT2D eigenvalue weighted by atomic mass is 10.1. The Morgan fingerprint density at radius 1 is 1.27 bits per heavy atom. The van der Waals surface area contributed by atoms with Crippen LogP contribution in [-0.4, -0.2) is 39.1 Å². The molecule has 0 unspecified atom stereocenters. The molecule has 0 spiro atoms. The van der Waals surface area contributed by atoms with Crippen LogP contribution in [0.15, 0.2) is 36.7 Å². The number of primary amides is 1. The maximum Gasteiger partial charge on any atom is 0.246 e. The van der Waals surface area contributed by atoms with Crippen molar-refractivity contribution in [3.05, 3.63) is 36.7 Å². The molecule has 3 rings (SSSR count). The Bertz CT molecular complexity index is 794. The van der Waals surface area contributed by atoms with Crippen LogP contribution in [0, 0.1) is 0 Å². The molecule has 136 valence electrons. The van der Waals surface area contributed by atoms with E-state index < -0.39 is 12.0 Å². The van der Waals surface area contributed by atoms with Crippen LogP contribution in [0.3, 0.4) is 0 Å². The summed E-state index contributed by atoms with van der Waals surface area (Å²) >= 11 is 0. The number of phenolic OH excluding ortho intramolecular Hbond substituents is 1. The van der Waals surface area contributed by atoms with Gasteiger partial charge in [-0.2, -0.15) is 0 Å². The standard InChI is InChI=1S/C18H20N4O4/c19-17(25)15-6-4-14(26-15)5-7-16(24)22-12-9-20-18(21-10-12)11-2-1-3-13(23)8-11/h1-3,8-10,14-15,23H,4-7H2,(H2,19,25)(H,22,24)/t14-,15+/m1/s1. The number of aromatic nitrogens is 2. The molecule has 0 bridgehead atoms. The zero-order valence-electron chi connectivity index (χ0n) is 14.1. The Balaban J connectivity index is 1.50. The van der Waals surface area contributed by atoms with E-state index in [0.29, 0.717) is 29.9 Å². The quantitative estimate of drug-likeness (QED) is 0.721. The van der Waals surface area contributed by atoms with Crippen LogP contribution in [-0.2, 0) is 14.3 Å². The van der Waals surface area contributed by atoms with Gasteiger partial charge in [-0.3, -0.25) is 9.59 Å². The zero-order valence-corrected chi connectivity index (χ0v) is 14.1. The van der Waals surface area contributed by atoms with E-state index in [-0.39, 0.29) is 24.2 Å². The molecule has 26 heavy (non-hydrogen) atoms. The number of nitrogens with zero attached hydrogens (tertiary/aromatic N) is 2. The Labute approximate surface area is 150 Å². The number of anilines is 1. The minimum Gasteiger partial charge on any atom is -0.508 e. The van der Waals surface area contributed by atoms with Gasteiger partial charge in [0.15, 0.2) is 5.82 Å². The van der Waals surface area contributed by atoms with Gasteiger partial charge in [-0.15, -0.1) is 0 Å². The summed E-state index contributed by atoms with van der Waals surface area (Å²) in [5, 5.41) is 12.2. The summed E-state index contributed by atoms with van der Waals surface area (Å²) < 4.78 is 5.50. The van der Waals surface area contributed by atoms with Gasteiger partial charge in [0.1, 0.15) is 11.9 Å². The topological polar surface area (TPSA) is 127 Å². The molecule has 0 aliphatic carbocycles. The van der Waals surface area contributed by atoms with Gasteiger partial charge in [-0.1, -0.05) is 12.1 Å². The van der Waals surface area contributed by atoms with E-state index in [9.17, 15) is 14.7 Å². The first-order valence-corrected chi connectivity index (χ1v) is 8.37. The Morgan fingerprint density at radius 2 is 2.04 bits per heavy atom. The van der Waals surface area contributed by atoms with Crippen LogP contribution in [0.25, 0.3) is 11.4 Å². The number of carbonyl (C=O) groups excluding carboxylic acids is 2. The average molecular weight is 356 g/mol. The van der Waals surface area contributed by atoms with Crippen molar-refractivity contribution in [3.8, 4) is 17.1 Å². The molecule has 1 aromatic heterocycles. The molecule has 2 heterocycles. The highest BCUT2D eigenvalue weighted by Crippen LogP contribution is 2.23. The van der Waals surface area contributed by atoms with E-state index in [0.717, 1.165) is 6.42 Å². The normalized spacial score (nSPS) is 19.2. The zero-order chi connectivity index (χ0) is 18.5. The first-order valence-electron chi connectivity index (χ1n) is 8.37. The molecule has 0 radical (unpaired) electrons. The fourth-order valence-corrected chi connectivity index (χ4v) is 2.83. The maximum atomic E-state index is 12.0. The Kier molecular flexibility index (Phi) is 5.43. The SMILES string of the molecule is NC(=O)[C@@H]1CC[C@H](CCC(=O)Nc2cnc(-c3cccc(O)c3)nc2)O1. The van der Waals surface area contributed by atoms with E-state index in [1.165, 1.54) is 12.4 Å². The minimum absolute atomic E-state index is 0.123. The molecule has 0 saturated carbocycles. The lowest BCUT2D eigenvalue weighted by molar-refractivity contribution is -0.128. The highest BCUT2D eigenvalue weighted by molar-refractivity contribution is 5.90. The second-order valence-corrected chi connectivity index (χ2v) is 6.16. The number of nitrogens with one attached hydrogen (secondary N) is 1. The number of rotatable bonds is 6.